The molecule has 1 unspecified atom stereocenters. The maximum atomic E-state index is 14.7. The highest BCUT2D eigenvalue weighted by molar-refractivity contribution is 5.71. The number of fused-ring (bicyclic) bond motifs is 4. The lowest BCUT2D eigenvalue weighted by molar-refractivity contribution is -0.0361. The fraction of sp³-hybridized carbons (Fsp3) is 0.536. The van der Waals surface area contributed by atoms with Crippen molar-refractivity contribution in [3.63, 3.8) is 0 Å². The number of alkyl carbamates (subject to hydrolysis) is 1. The van der Waals surface area contributed by atoms with E-state index in [1.54, 1.807) is 12.1 Å². The van der Waals surface area contributed by atoms with Gasteiger partial charge in [0.1, 0.15) is 23.4 Å². The highest BCUT2D eigenvalue weighted by atomic mass is 19.1. The van der Waals surface area contributed by atoms with E-state index in [2.05, 4.69) is 24.1 Å². The second-order valence-corrected chi connectivity index (χ2v) is 11.0. The largest absolute Gasteiger partial charge is 0.493 e. The molecule has 6 nitrogen and oxygen atoms in total. The van der Waals surface area contributed by atoms with E-state index in [1.165, 1.54) is 6.07 Å². The molecular weight excluding hydrogens is 447 g/mol. The molecule has 1 amide bonds. The van der Waals surface area contributed by atoms with Crippen LogP contribution in [0.5, 0.6) is 11.5 Å². The number of rotatable bonds is 5. The van der Waals surface area contributed by atoms with Crippen LogP contribution in [0.3, 0.4) is 0 Å². The van der Waals surface area contributed by atoms with Gasteiger partial charge in [0.25, 0.3) is 0 Å². The molecule has 2 atom stereocenters. The van der Waals surface area contributed by atoms with Gasteiger partial charge in [-0.2, -0.15) is 0 Å². The average molecular weight is 483 g/mol. The Balaban J connectivity index is 1.36. The fourth-order valence-electron chi connectivity index (χ4n) is 5.51. The van der Waals surface area contributed by atoms with Gasteiger partial charge in [0.15, 0.2) is 0 Å². The van der Waals surface area contributed by atoms with Crippen molar-refractivity contribution in [3.8, 4) is 22.6 Å². The van der Waals surface area contributed by atoms with Gasteiger partial charge >= 0.3 is 6.09 Å². The van der Waals surface area contributed by atoms with Gasteiger partial charge in [0.2, 0.25) is 0 Å². The van der Waals surface area contributed by atoms with Crippen LogP contribution >= 0.6 is 0 Å². The number of carbonyl (C=O) groups excluding carboxylic acids is 1. The molecule has 1 N–H and O–H groups in total. The van der Waals surface area contributed by atoms with Gasteiger partial charge in [-0.05, 0) is 75.5 Å². The van der Waals surface area contributed by atoms with Crippen molar-refractivity contribution in [2.45, 2.75) is 58.8 Å². The Bertz CT molecular complexity index is 1090. The summed E-state index contributed by atoms with van der Waals surface area (Å²) in [6.45, 7) is 11.4. The molecule has 3 saturated heterocycles. The van der Waals surface area contributed by atoms with E-state index in [-0.39, 0.29) is 35.6 Å². The van der Waals surface area contributed by atoms with E-state index in [0.717, 1.165) is 38.0 Å². The normalized spacial score (nSPS) is 26.6. The molecule has 4 heterocycles. The monoisotopic (exact) mass is 482 g/mol. The topological polar surface area (TPSA) is 60.0 Å². The van der Waals surface area contributed by atoms with Gasteiger partial charge in [-0.15, -0.1) is 0 Å². The maximum absolute atomic E-state index is 14.7. The Labute approximate surface area is 206 Å². The van der Waals surface area contributed by atoms with E-state index >= 15 is 0 Å². The van der Waals surface area contributed by atoms with Crippen molar-refractivity contribution in [3.05, 3.63) is 47.8 Å². The van der Waals surface area contributed by atoms with Crippen molar-refractivity contribution in [1.82, 2.24) is 10.2 Å². The molecule has 0 aliphatic carbocycles. The summed E-state index contributed by atoms with van der Waals surface area (Å²) < 4.78 is 32.4. The van der Waals surface area contributed by atoms with Crippen molar-refractivity contribution < 1.29 is 23.4 Å². The van der Waals surface area contributed by atoms with Crippen molar-refractivity contribution >= 4 is 6.09 Å². The molecule has 188 valence electrons. The van der Waals surface area contributed by atoms with Crippen molar-refractivity contribution in [2.24, 2.45) is 11.3 Å². The van der Waals surface area contributed by atoms with E-state index in [9.17, 15) is 9.18 Å². The molecule has 7 heteroatoms. The summed E-state index contributed by atoms with van der Waals surface area (Å²) in [5, 5.41) is 3.12. The molecule has 0 radical (unpaired) electrons. The van der Waals surface area contributed by atoms with Crippen LogP contribution in [0.25, 0.3) is 11.1 Å². The SMILES string of the molecule is CC(C)Oc1ccc(F)c(-c2ccc3c(c2)OCC(C)(C)C3NC(=O)O[C@H]2CN3CCC2CC3)c1. The fourth-order valence-corrected chi connectivity index (χ4v) is 5.51. The van der Waals surface area contributed by atoms with E-state index in [4.69, 9.17) is 14.2 Å². The van der Waals surface area contributed by atoms with Gasteiger partial charge in [0, 0.05) is 23.1 Å². The summed E-state index contributed by atoms with van der Waals surface area (Å²) in [4.78, 5) is 15.3. The van der Waals surface area contributed by atoms with Gasteiger partial charge in [-0.1, -0.05) is 26.0 Å². The number of hydrogen-bond donors (Lipinski definition) is 1. The minimum atomic E-state index is -0.386. The number of halogens is 1. The Morgan fingerprint density at radius 1 is 1.17 bits per heavy atom. The van der Waals surface area contributed by atoms with Crippen LogP contribution in [-0.2, 0) is 4.74 Å². The first-order valence-corrected chi connectivity index (χ1v) is 12.6. The van der Waals surface area contributed by atoms with Crippen LogP contribution in [0.15, 0.2) is 36.4 Å². The highest BCUT2D eigenvalue weighted by Crippen LogP contribution is 2.44. The van der Waals surface area contributed by atoms with Crippen molar-refractivity contribution in [2.75, 3.05) is 26.2 Å². The third-order valence-electron chi connectivity index (χ3n) is 7.44. The number of benzene rings is 2. The average Bonchev–Trinajstić information content (AvgIpc) is 2.82. The highest BCUT2D eigenvalue weighted by Gasteiger charge is 2.41. The second kappa shape index (κ2) is 9.34. The lowest BCUT2D eigenvalue weighted by Crippen LogP contribution is -2.53. The Hall–Kier alpha value is -2.80. The number of piperidine rings is 3. The van der Waals surface area contributed by atoms with Crippen LogP contribution in [0.2, 0.25) is 0 Å². The molecule has 0 spiro atoms. The maximum Gasteiger partial charge on any atom is 0.407 e. The predicted octanol–water partition coefficient (Wildman–Crippen LogP) is 5.56. The number of ether oxygens (including phenoxy) is 3. The zero-order valence-electron chi connectivity index (χ0n) is 21.0. The molecule has 2 aromatic carbocycles. The third-order valence-corrected chi connectivity index (χ3v) is 7.44. The van der Waals surface area contributed by atoms with Crippen LogP contribution in [0, 0.1) is 17.2 Å². The quantitative estimate of drug-likeness (QED) is 0.605. The minimum Gasteiger partial charge on any atom is -0.493 e. The predicted molar refractivity (Wildman–Crippen MR) is 132 cm³/mol. The first-order chi connectivity index (χ1) is 16.7. The lowest BCUT2D eigenvalue weighted by atomic mass is 9.78. The standard InChI is InChI=1S/C28H35FN2O4/c1-17(2)34-20-6-8-23(29)22(14-20)19-5-7-21-24(13-19)33-16-28(3,4)26(21)30-27(32)35-25-15-31-11-9-18(25)10-12-31/h5-8,13-14,17-18,25-26H,9-12,15-16H2,1-4H3,(H,30,32)/t25-,26?/m0/s1. The van der Waals surface area contributed by atoms with E-state index in [1.807, 2.05) is 32.0 Å². The van der Waals surface area contributed by atoms with E-state index < -0.39 is 0 Å². The molecule has 4 aliphatic heterocycles. The first-order valence-electron chi connectivity index (χ1n) is 12.6. The zero-order valence-corrected chi connectivity index (χ0v) is 21.0. The molecule has 6 rings (SSSR count). The van der Waals surface area contributed by atoms with E-state index in [0.29, 0.717) is 35.2 Å². The van der Waals surface area contributed by atoms with Gasteiger partial charge in [0.05, 0.1) is 18.8 Å². The van der Waals surface area contributed by atoms with Crippen LogP contribution in [-0.4, -0.2) is 49.4 Å². The smallest absolute Gasteiger partial charge is 0.407 e. The van der Waals surface area contributed by atoms with Gasteiger partial charge < -0.3 is 19.5 Å². The van der Waals surface area contributed by atoms with Gasteiger partial charge in [-0.25, -0.2) is 9.18 Å². The first kappa shape index (κ1) is 23.9. The Kier molecular flexibility index (Phi) is 6.38. The molecule has 3 fully saturated rings. The summed E-state index contributed by atoms with van der Waals surface area (Å²) >= 11 is 0. The summed E-state index contributed by atoms with van der Waals surface area (Å²) in [7, 11) is 0. The van der Waals surface area contributed by atoms with Crippen LogP contribution < -0.4 is 14.8 Å². The molecular formula is C28H35FN2O4. The van der Waals surface area contributed by atoms with Crippen LogP contribution in [0.4, 0.5) is 9.18 Å². The molecule has 2 aromatic rings. The second-order valence-electron chi connectivity index (χ2n) is 11.0. The van der Waals surface area contributed by atoms with Crippen molar-refractivity contribution in [1.29, 1.82) is 0 Å². The number of nitrogens with one attached hydrogen (secondary N) is 1. The minimum absolute atomic E-state index is 0.00466. The molecule has 0 saturated carbocycles. The summed E-state index contributed by atoms with van der Waals surface area (Å²) in [5.41, 5.74) is 1.68. The number of amides is 1. The van der Waals surface area contributed by atoms with Crippen LogP contribution in [0.1, 0.15) is 52.1 Å². The summed E-state index contributed by atoms with van der Waals surface area (Å²) in [6, 6.07) is 10.1. The lowest BCUT2D eigenvalue weighted by Gasteiger charge is -2.44. The Morgan fingerprint density at radius 2 is 1.94 bits per heavy atom. The molecule has 35 heavy (non-hydrogen) atoms. The molecule has 0 aromatic heterocycles. The zero-order chi connectivity index (χ0) is 24.7. The van der Waals surface area contributed by atoms with Gasteiger partial charge in [-0.3, -0.25) is 4.90 Å². The molecule has 4 aliphatic rings. The Morgan fingerprint density at radius 3 is 2.63 bits per heavy atom. The summed E-state index contributed by atoms with van der Waals surface area (Å²) in [6.07, 6.45) is 1.74. The number of hydrogen-bond acceptors (Lipinski definition) is 5. The summed E-state index contributed by atoms with van der Waals surface area (Å²) in [5.74, 6) is 1.39. The number of carbonyl (C=O) groups is 1. The molecule has 2 bridgehead atoms. The third kappa shape index (κ3) is 4.96. The number of nitrogens with zero attached hydrogens (tertiary/aromatic N) is 1.